The fraction of sp³-hybridized carbons (Fsp3) is 0.125. The van der Waals surface area contributed by atoms with E-state index in [4.69, 9.17) is 0 Å². The molecule has 2 N–H and O–H groups in total. The Balaban J connectivity index is 1.88. The number of aromatic amines is 1. The number of aromatic nitrogens is 2. The van der Waals surface area contributed by atoms with Crippen LogP contribution in [0.2, 0.25) is 0 Å². The van der Waals surface area contributed by atoms with Crippen LogP contribution >= 0.6 is 0 Å². The van der Waals surface area contributed by atoms with Crippen molar-refractivity contribution in [2.75, 3.05) is 5.32 Å². The molecule has 2 aromatic carbocycles. The number of nitrogens with zero attached hydrogens (tertiary/aromatic N) is 1. The number of fused-ring (bicyclic) bond motifs is 1. The second-order valence-corrected chi connectivity index (χ2v) is 4.88. The van der Waals surface area contributed by atoms with E-state index in [1.165, 1.54) is 0 Å². The molecule has 3 rings (SSSR count). The van der Waals surface area contributed by atoms with Gasteiger partial charge in [0.15, 0.2) is 0 Å². The third-order valence-electron chi connectivity index (χ3n) is 3.25. The van der Waals surface area contributed by atoms with Crippen LogP contribution in [-0.4, -0.2) is 15.9 Å². The molecular formula is C16H15N3O. The molecule has 1 aromatic heterocycles. The van der Waals surface area contributed by atoms with E-state index in [1.54, 1.807) is 0 Å². The zero-order valence-corrected chi connectivity index (χ0v) is 11.4. The van der Waals surface area contributed by atoms with Crippen molar-refractivity contribution >= 4 is 22.9 Å². The normalized spacial score (nSPS) is 10.7. The number of imidazole rings is 1. The van der Waals surface area contributed by atoms with Crippen molar-refractivity contribution < 1.29 is 4.79 Å². The average Bonchev–Trinajstić information content (AvgIpc) is 2.80. The fourth-order valence-electron chi connectivity index (χ4n) is 2.26. The van der Waals surface area contributed by atoms with E-state index in [1.807, 2.05) is 56.3 Å². The Morgan fingerprint density at radius 2 is 1.95 bits per heavy atom. The summed E-state index contributed by atoms with van der Waals surface area (Å²) < 4.78 is 0. The van der Waals surface area contributed by atoms with Crippen molar-refractivity contribution in [2.45, 2.75) is 13.8 Å². The van der Waals surface area contributed by atoms with Gasteiger partial charge in [-0.3, -0.25) is 10.1 Å². The number of nitrogens with one attached hydrogen (secondary N) is 2. The quantitative estimate of drug-likeness (QED) is 0.745. The lowest BCUT2D eigenvalue weighted by atomic mass is 10.1. The highest BCUT2D eigenvalue weighted by Gasteiger charge is 2.11. The van der Waals surface area contributed by atoms with Gasteiger partial charge in [-0.1, -0.05) is 29.8 Å². The molecule has 100 valence electrons. The summed E-state index contributed by atoms with van der Waals surface area (Å²) >= 11 is 0. The Morgan fingerprint density at radius 3 is 2.70 bits per heavy atom. The van der Waals surface area contributed by atoms with Gasteiger partial charge in [0.1, 0.15) is 0 Å². The van der Waals surface area contributed by atoms with Crippen molar-refractivity contribution in [3.8, 4) is 0 Å². The number of anilines is 1. The summed E-state index contributed by atoms with van der Waals surface area (Å²) in [5.41, 5.74) is 4.50. The molecule has 0 atom stereocenters. The Labute approximate surface area is 116 Å². The van der Waals surface area contributed by atoms with Crippen molar-refractivity contribution in [3.63, 3.8) is 0 Å². The third kappa shape index (κ3) is 2.28. The van der Waals surface area contributed by atoms with E-state index in [2.05, 4.69) is 15.3 Å². The van der Waals surface area contributed by atoms with Gasteiger partial charge >= 0.3 is 0 Å². The zero-order valence-electron chi connectivity index (χ0n) is 11.4. The minimum atomic E-state index is -0.151. The first-order valence-electron chi connectivity index (χ1n) is 6.47. The monoisotopic (exact) mass is 265 g/mol. The second kappa shape index (κ2) is 4.81. The lowest BCUT2D eigenvalue weighted by Crippen LogP contribution is -2.14. The molecular weight excluding hydrogens is 250 g/mol. The highest BCUT2D eigenvalue weighted by molar-refractivity contribution is 6.05. The molecule has 0 unspecified atom stereocenters. The van der Waals surface area contributed by atoms with E-state index in [0.717, 1.165) is 22.2 Å². The molecule has 0 aliphatic carbocycles. The minimum absolute atomic E-state index is 0.151. The maximum absolute atomic E-state index is 12.3. The molecule has 0 saturated heterocycles. The Bertz CT molecular complexity index is 756. The van der Waals surface area contributed by atoms with Gasteiger partial charge in [-0.15, -0.1) is 0 Å². The van der Waals surface area contributed by atoms with Gasteiger partial charge in [-0.05, 0) is 37.6 Å². The summed E-state index contributed by atoms with van der Waals surface area (Å²) in [6.07, 6.45) is 0. The molecule has 4 heteroatoms. The first-order valence-corrected chi connectivity index (χ1v) is 6.47. The number of aryl methyl sites for hydroxylation is 2. The molecule has 1 heterocycles. The van der Waals surface area contributed by atoms with Crippen molar-refractivity contribution in [1.29, 1.82) is 0 Å². The summed E-state index contributed by atoms with van der Waals surface area (Å²) in [6.45, 7) is 3.94. The molecule has 0 aliphatic heterocycles. The second-order valence-electron chi connectivity index (χ2n) is 4.88. The van der Waals surface area contributed by atoms with Crippen LogP contribution in [0.15, 0.2) is 42.5 Å². The number of hydrogen-bond acceptors (Lipinski definition) is 2. The van der Waals surface area contributed by atoms with Crippen LogP contribution in [-0.2, 0) is 0 Å². The van der Waals surface area contributed by atoms with Gasteiger partial charge in [0.25, 0.3) is 5.91 Å². The van der Waals surface area contributed by atoms with E-state index in [9.17, 15) is 4.79 Å². The SMILES string of the molecule is Cc1ccc(C(=O)Nc2nc3ccccc3[nH]2)c(C)c1. The van der Waals surface area contributed by atoms with Gasteiger partial charge in [0, 0.05) is 5.56 Å². The molecule has 1 amide bonds. The third-order valence-corrected chi connectivity index (χ3v) is 3.25. The number of rotatable bonds is 2. The van der Waals surface area contributed by atoms with Crippen LogP contribution in [0.1, 0.15) is 21.5 Å². The maximum Gasteiger partial charge on any atom is 0.258 e. The number of hydrogen-bond donors (Lipinski definition) is 2. The molecule has 0 saturated carbocycles. The van der Waals surface area contributed by atoms with Crippen LogP contribution in [0, 0.1) is 13.8 Å². The van der Waals surface area contributed by atoms with E-state index in [0.29, 0.717) is 11.5 Å². The molecule has 4 nitrogen and oxygen atoms in total. The van der Waals surface area contributed by atoms with Gasteiger partial charge < -0.3 is 4.98 Å². The highest BCUT2D eigenvalue weighted by atomic mass is 16.1. The lowest BCUT2D eigenvalue weighted by molar-refractivity contribution is 0.102. The molecule has 0 radical (unpaired) electrons. The summed E-state index contributed by atoms with van der Waals surface area (Å²) in [6, 6.07) is 13.4. The number of carbonyl (C=O) groups is 1. The maximum atomic E-state index is 12.3. The van der Waals surface area contributed by atoms with E-state index >= 15 is 0 Å². The number of amides is 1. The van der Waals surface area contributed by atoms with Crippen molar-refractivity contribution in [2.24, 2.45) is 0 Å². The van der Waals surface area contributed by atoms with Gasteiger partial charge in [0.2, 0.25) is 5.95 Å². The zero-order chi connectivity index (χ0) is 14.1. The smallest absolute Gasteiger partial charge is 0.258 e. The van der Waals surface area contributed by atoms with Gasteiger partial charge in [-0.25, -0.2) is 4.98 Å². The van der Waals surface area contributed by atoms with Crippen molar-refractivity contribution in [3.05, 3.63) is 59.2 Å². The largest absolute Gasteiger partial charge is 0.324 e. The van der Waals surface area contributed by atoms with Crippen LogP contribution in [0.4, 0.5) is 5.95 Å². The Morgan fingerprint density at radius 1 is 1.15 bits per heavy atom. The van der Waals surface area contributed by atoms with Crippen LogP contribution in [0.5, 0.6) is 0 Å². The predicted molar refractivity (Wildman–Crippen MR) is 80.0 cm³/mol. The number of H-pyrrole nitrogens is 1. The molecule has 0 aliphatic rings. The summed E-state index contributed by atoms with van der Waals surface area (Å²) in [7, 11) is 0. The summed E-state index contributed by atoms with van der Waals surface area (Å²) in [5, 5.41) is 2.80. The van der Waals surface area contributed by atoms with Crippen molar-refractivity contribution in [1.82, 2.24) is 9.97 Å². The molecule has 0 fully saturated rings. The van der Waals surface area contributed by atoms with Crippen LogP contribution < -0.4 is 5.32 Å². The van der Waals surface area contributed by atoms with Gasteiger partial charge in [0.05, 0.1) is 11.0 Å². The number of benzene rings is 2. The minimum Gasteiger partial charge on any atom is -0.324 e. The summed E-state index contributed by atoms with van der Waals surface area (Å²) in [4.78, 5) is 19.7. The topological polar surface area (TPSA) is 57.8 Å². The fourth-order valence-corrected chi connectivity index (χ4v) is 2.26. The molecule has 3 aromatic rings. The predicted octanol–water partition coefficient (Wildman–Crippen LogP) is 3.43. The molecule has 20 heavy (non-hydrogen) atoms. The molecule has 0 bridgehead atoms. The first-order chi connectivity index (χ1) is 9.63. The van der Waals surface area contributed by atoms with E-state index < -0.39 is 0 Å². The van der Waals surface area contributed by atoms with Crippen LogP contribution in [0.25, 0.3) is 11.0 Å². The number of para-hydroxylation sites is 2. The van der Waals surface area contributed by atoms with Crippen LogP contribution in [0.3, 0.4) is 0 Å². The average molecular weight is 265 g/mol. The Kier molecular flexibility index (Phi) is 2.99. The van der Waals surface area contributed by atoms with Gasteiger partial charge in [-0.2, -0.15) is 0 Å². The highest BCUT2D eigenvalue weighted by Crippen LogP contribution is 2.16. The first kappa shape index (κ1) is 12.4. The number of carbonyl (C=O) groups excluding carboxylic acids is 1. The lowest BCUT2D eigenvalue weighted by Gasteiger charge is -2.06. The molecule has 0 spiro atoms. The van der Waals surface area contributed by atoms with E-state index in [-0.39, 0.29) is 5.91 Å². The summed E-state index contributed by atoms with van der Waals surface area (Å²) in [5.74, 6) is 0.317. The Hall–Kier alpha value is -2.62. The standard InChI is InChI=1S/C16H15N3O/c1-10-7-8-12(11(2)9-10)15(20)19-16-17-13-5-3-4-6-14(13)18-16/h3-9H,1-2H3,(H2,17,18,19,20).